The van der Waals surface area contributed by atoms with E-state index in [4.69, 9.17) is 13.0 Å². The molecule has 10 heteroatoms. The smallest absolute Gasteiger partial charge is 0.485 e. The molecule has 0 saturated heterocycles. The third kappa shape index (κ3) is 11.2. The Morgan fingerprint density at radius 3 is 1.60 bits per heavy atom. The SMILES string of the molecule is C=C(C)C(=O)NC[N+](CCC)(CCC)CCC.O=S(=O)([O-])C(F)(F)F. The number of nitrogens with zero attached hydrogens (tertiary/aromatic N) is 1. The minimum atomic E-state index is -6.09. The standard InChI is InChI=1S/C14H28N2O.CHF3O3S/c1-6-9-16(10-7-2,11-8-3)12-15-14(17)13(4)5;2-1(3,4)8(5,6)7/h4,6-12H2,1-3,5H3;(H,5,6,7). The number of alkyl halides is 3. The van der Waals surface area contributed by atoms with Crippen LogP contribution in [-0.4, -0.2) is 55.2 Å². The third-order valence-electron chi connectivity index (χ3n) is 3.34. The molecule has 1 N–H and O–H groups in total. The Labute approximate surface area is 148 Å². The summed E-state index contributed by atoms with van der Waals surface area (Å²) >= 11 is 0. The molecule has 0 bridgehead atoms. The van der Waals surface area contributed by atoms with Gasteiger partial charge >= 0.3 is 5.51 Å². The first-order chi connectivity index (χ1) is 11.3. The summed E-state index contributed by atoms with van der Waals surface area (Å²) in [6.45, 7) is 16.2. The maximum absolute atomic E-state index is 11.6. The molecule has 0 atom stereocenters. The van der Waals surface area contributed by atoms with Crippen molar-refractivity contribution >= 4 is 16.0 Å². The number of hydrogen-bond acceptors (Lipinski definition) is 4. The van der Waals surface area contributed by atoms with E-state index in [1.165, 1.54) is 0 Å². The molecule has 6 nitrogen and oxygen atoms in total. The topological polar surface area (TPSA) is 86.3 Å². The fourth-order valence-corrected chi connectivity index (χ4v) is 2.39. The molecule has 0 aromatic heterocycles. The molecule has 0 radical (unpaired) electrons. The van der Waals surface area contributed by atoms with E-state index in [0.29, 0.717) is 5.57 Å². The number of hydrogen-bond donors (Lipinski definition) is 1. The molecule has 0 aliphatic carbocycles. The van der Waals surface area contributed by atoms with Gasteiger partial charge in [-0.2, -0.15) is 13.2 Å². The quantitative estimate of drug-likeness (QED) is 0.216. The molecule has 0 aliphatic rings. The van der Waals surface area contributed by atoms with Gasteiger partial charge in [0.05, 0.1) is 19.6 Å². The van der Waals surface area contributed by atoms with Crippen LogP contribution in [0.5, 0.6) is 0 Å². The molecule has 0 heterocycles. The highest BCUT2D eigenvalue weighted by molar-refractivity contribution is 7.86. The molecule has 0 saturated carbocycles. The van der Waals surface area contributed by atoms with E-state index in [2.05, 4.69) is 32.7 Å². The van der Waals surface area contributed by atoms with Gasteiger partial charge in [0, 0.05) is 5.57 Å². The van der Waals surface area contributed by atoms with Crippen LogP contribution in [0.15, 0.2) is 12.2 Å². The van der Waals surface area contributed by atoms with Crippen LogP contribution in [-0.2, 0) is 14.9 Å². The Morgan fingerprint density at radius 1 is 1.08 bits per heavy atom. The Morgan fingerprint density at radius 2 is 1.40 bits per heavy atom. The van der Waals surface area contributed by atoms with Gasteiger partial charge < -0.3 is 14.4 Å². The number of nitrogens with one attached hydrogen (secondary N) is 1. The van der Waals surface area contributed by atoms with Crippen molar-refractivity contribution in [1.82, 2.24) is 5.32 Å². The second kappa shape index (κ2) is 11.5. The van der Waals surface area contributed by atoms with Crippen LogP contribution in [0, 0.1) is 0 Å². The fraction of sp³-hybridized carbons (Fsp3) is 0.800. The maximum Gasteiger partial charge on any atom is 0.485 e. The Bertz CT molecular complexity index is 502. The average Bonchev–Trinajstić information content (AvgIpc) is 2.44. The lowest BCUT2D eigenvalue weighted by Crippen LogP contribution is -2.55. The van der Waals surface area contributed by atoms with Crippen LogP contribution in [0.25, 0.3) is 0 Å². The largest absolute Gasteiger partial charge is 0.741 e. The van der Waals surface area contributed by atoms with E-state index >= 15 is 0 Å². The summed E-state index contributed by atoms with van der Waals surface area (Å²) < 4.78 is 59.9. The van der Waals surface area contributed by atoms with Crippen molar-refractivity contribution in [2.45, 2.75) is 52.5 Å². The highest BCUT2D eigenvalue weighted by Crippen LogP contribution is 2.20. The predicted molar refractivity (Wildman–Crippen MR) is 89.3 cm³/mol. The molecule has 0 aromatic carbocycles. The lowest BCUT2D eigenvalue weighted by atomic mass is 10.2. The molecular weight excluding hydrogens is 361 g/mol. The lowest BCUT2D eigenvalue weighted by molar-refractivity contribution is -0.930. The molecule has 0 unspecified atom stereocenters. The minimum absolute atomic E-state index is 0.0178. The zero-order valence-corrected chi connectivity index (χ0v) is 16.1. The van der Waals surface area contributed by atoms with Crippen LogP contribution in [0.4, 0.5) is 13.2 Å². The van der Waals surface area contributed by atoms with E-state index in [0.717, 1.165) is 50.0 Å². The molecule has 150 valence electrons. The van der Waals surface area contributed by atoms with E-state index in [1.807, 2.05) is 0 Å². The van der Waals surface area contributed by atoms with E-state index < -0.39 is 15.6 Å². The number of halogens is 3. The number of carbonyl (C=O) groups is 1. The summed E-state index contributed by atoms with van der Waals surface area (Å²) in [5, 5.41) is 3.01. The van der Waals surface area contributed by atoms with Crippen molar-refractivity contribution in [3.05, 3.63) is 12.2 Å². The number of amides is 1. The average molecular weight is 390 g/mol. The first-order valence-corrected chi connectivity index (χ1v) is 9.48. The van der Waals surface area contributed by atoms with E-state index in [1.54, 1.807) is 6.92 Å². The number of quaternary nitrogens is 1. The zero-order chi connectivity index (χ0) is 20.3. The third-order valence-corrected chi connectivity index (χ3v) is 3.91. The molecule has 0 aliphatic heterocycles. The van der Waals surface area contributed by atoms with Gasteiger partial charge in [-0.3, -0.25) is 4.79 Å². The fourth-order valence-electron chi connectivity index (χ4n) is 2.39. The molecule has 0 aromatic rings. The van der Waals surface area contributed by atoms with Crippen LogP contribution in [0.2, 0.25) is 0 Å². The summed E-state index contributed by atoms with van der Waals surface area (Å²) in [5.41, 5.74) is -5.06. The Hall–Kier alpha value is -1.13. The summed E-state index contributed by atoms with van der Waals surface area (Å²) in [6.07, 6.45) is 3.47. The van der Waals surface area contributed by atoms with Crippen molar-refractivity contribution in [2.24, 2.45) is 0 Å². The van der Waals surface area contributed by atoms with Gasteiger partial charge in [0.1, 0.15) is 0 Å². The van der Waals surface area contributed by atoms with Gasteiger partial charge in [-0.05, 0) is 26.2 Å². The molecule has 1 amide bonds. The van der Waals surface area contributed by atoms with Crippen LogP contribution in [0.3, 0.4) is 0 Å². The summed E-state index contributed by atoms with van der Waals surface area (Å²) in [6, 6.07) is 0. The zero-order valence-electron chi connectivity index (χ0n) is 15.3. The number of rotatable bonds is 9. The van der Waals surface area contributed by atoms with Crippen molar-refractivity contribution in [3.8, 4) is 0 Å². The molecule has 0 rings (SSSR count). The highest BCUT2D eigenvalue weighted by Gasteiger charge is 2.36. The normalized spacial score (nSPS) is 12.2. The van der Waals surface area contributed by atoms with Crippen LogP contribution >= 0.6 is 0 Å². The summed E-state index contributed by atoms with van der Waals surface area (Å²) in [4.78, 5) is 11.6. The van der Waals surface area contributed by atoms with Gasteiger partial charge in [-0.25, -0.2) is 8.42 Å². The Balaban J connectivity index is 0. The summed E-state index contributed by atoms with van der Waals surface area (Å²) in [7, 11) is -6.09. The Kier molecular flexibility index (Phi) is 12.0. The molecule has 0 spiro atoms. The molecule has 25 heavy (non-hydrogen) atoms. The predicted octanol–water partition coefficient (Wildman–Crippen LogP) is 2.73. The first-order valence-electron chi connectivity index (χ1n) is 8.07. The van der Waals surface area contributed by atoms with Gasteiger partial charge in [0.2, 0.25) is 0 Å². The second-order valence-corrected chi connectivity index (χ2v) is 7.23. The van der Waals surface area contributed by atoms with Gasteiger partial charge in [-0.1, -0.05) is 27.4 Å². The second-order valence-electron chi connectivity index (χ2n) is 5.86. The molecular formula is C15H29F3N2O4S. The summed E-state index contributed by atoms with van der Waals surface area (Å²) in [5.74, 6) is -0.0178. The van der Waals surface area contributed by atoms with E-state index in [9.17, 15) is 18.0 Å². The monoisotopic (exact) mass is 390 g/mol. The van der Waals surface area contributed by atoms with Crippen LogP contribution < -0.4 is 5.32 Å². The number of carbonyl (C=O) groups excluding carboxylic acids is 1. The minimum Gasteiger partial charge on any atom is -0.741 e. The first kappa shape index (κ1) is 26.1. The maximum atomic E-state index is 11.6. The van der Waals surface area contributed by atoms with Crippen molar-refractivity contribution in [2.75, 3.05) is 26.3 Å². The lowest BCUT2D eigenvalue weighted by Gasteiger charge is -2.38. The molecule has 0 fully saturated rings. The van der Waals surface area contributed by atoms with Crippen molar-refractivity contribution in [3.63, 3.8) is 0 Å². The van der Waals surface area contributed by atoms with Gasteiger partial charge in [0.25, 0.3) is 5.91 Å². The van der Waals surface area contributed by atoms with Crippen molar-refractivity contribution in [1.29, 1.82) is 0 Å². The van der Waals surface area contributed by atoms with Gasteiger partial charge in [0.15, 0.2) is 16.8 Å². The highest BCUT2D eigenvalue weighted by atomic mass is 32.2. The van der Waals surface area contributed by atoms with Gasteiger partial charge in [-0.15, -0.1) is 0 Å². The van der Waals surface area contributed by atoms with Crippen molar-refractivity contribution < 1.29 is 35.4 Å². The van der Waals surface area contributed by atoms with Crippen LogP contribution in [0.1, 0.15) is 47.0 Å². The van der Waals surface area contributed by atoms with E-state index in [-0.39, 0.29) is 5.91 Å².